The summed E-state index contributed by atoms with van der Waals surface area (Å²) in [5.74, 6) is -0.0737. The molecule has 1 aromatic carbocycles. The number of carbonyl (C=O) groups excluding carboxylic acids is 1. The van der Waals surface area contributed by atoms with E-state index in [1.807, 2.05) is 22.6 Å². The molecule has 2 aromatic rings. The molecule has 2 rings (SSSR count). The molecule has 0 unspecified atom stereocenters. The molecule has 6 nitrogen and oxygen atoms in total. The van der Waals surface area contributed by atoms with Gasteiger partial charge in [-0.3, -0.25) is 14.9 Å². The second-order valence-electron chi connectivity index (χ2n) is 3.73. The number of rotatable bonds is 3. The van der Waals surface area contributed by atoms with Crippen molar-refractivity contribution in [2.45, 2.75) is 0 Å². The second kappa shape index (κ2) is 6.27. The first kappa shape index (κ1) is 14.9. The van der Waals surface area contributed by atoms with Gasteiger partial charge < -0.3 is 5.32 Å². The van der Waals surface area contributed by atoms with Gasteiger partial charge in [0, 0.05) is 26.4 Å². The molecule has 20 heavy (non-hydrogen) atoms. The number of halogens is 2. The summed E-state index contributed by atoms with van der Waals surface area (Å²) in [5.41, 5.74) is 0.111. The van der Waals surface area contributed by atoms with E-state index < -0.39 is 10.8 Å². The van der Waals surface area contributed by atoms with E-state index in [1.54, 1.807) is 12.1 Å². The number of amides is 1. The number of benzene rings is 1. The van der Waals surface area contributed by atoms with E-state index in [4.69, 9.17) is 0 Å². The number of hydrogen-bond donors (Lipinski definition) is 1. The van der Waals surface area contributed by atoms with Crippen LogP contribution in [0.15, 0.2) is 41.0 Å². The predicted molar refractivity (Wildman–Crippen MR) is 85.7 cm³/mol. The van der Waals surface area contributed by atoms with Crippen molar-refractivity contribution >= 4 is 55.9 Å². The van der Waals surface area contributed by atoms with Crippen LogP contribution in [0.4, 0.5) is 11.5 Å². The maximum Gasteiger partial charge on any atom is 0.270 e. The van der Waals surface area contributed by atoms with Crippen molar-refractivity contribution in [2.75, 3.05) is 5.32 Å². The van der Waals surface area contributed by atoms with Crippen LogP contribution in [0, 0.1) is 13.7 Å². The lowest BCUT2D eigenvalue weighted by Gasteiger charge is -2.06. The van der Waals surface area contributed by atoms with Crippen LogP contribution in [-0.2, 0) is 0 Å². The second-order valence-corrected chi connectivity index (χ2v) is 5.81. The van der Waals surface area contributed by atoms with Gasteiger partial charge in [-0.25, -0.2) is 4.98 Å². The first-order chi connectivity index (χ1) is 9.47. The number of nitro groups is 1. The Morgan fingerprint density at radius 3 is 2.75 bits per heavy atom. The minimum atomic E-state index is -0.537. The molecule has 0 bridgehead atoms. The summed E-state index contributed by atoms with van der Waals surface area (Å²) in [6.45, 7) is 0. The Morgan fingerprint density at radius 1 is 1.35 bits per heavy atom. The van der Waals surface area contributed by atoms with E-state index in [0.29, 0.717) is 9.39 Å². The highest BCUT2D eigenvalue weighted by Gasteiger charge is 2.16. The molecule has 0 aliphatic heterocycles. The molecule has 0 aliphatic rings. The van der Waals surface area contributed by atoms with Gasteiger partial charge in [-0.1, -0.05) is 15.9 Å². The Balaban J connectivity index is 2.29. The lowest BCUT2D eigenvalue weighted by molar-refractivity contribution is -0.384. The third-order valence-electron chi connectivity index (χ3n) is 2.37. The minimum Gasteiger partial charge on any atom is -0.306 e. The predicted octanol–water partition coefficient (Wildman–Crippen LogP) is 3.61. The first-order valence-electron chi connectivity index (χ1n) is 5.34. The number of hydrogen-bond acceptors (Lipinski definition) is 4. The van der Waals surface area contributed by atoms with Crippen LogP contribution in [0.25, 0.3) is 0 Å². The van der Waals surface area contributed by atoms with Crippen LogP contribution in [0.5, 0.6) is 0 Å². The third kappa shape index (κ3) is 3.51. The number of anilines is 1. The van der Waals surface area contributed by atoms with Crippen LogP contribution in [0.1, 0.15) is 10.4 Å². The summed E-state index contributed by atoms with van der Waals surface area (Å²) in [5, 5.41) is 13.3. The molecule has 0 fully saturated rings. The van der Waals surface area contributed by atoms with E-state index in [0.717, 1.165) is 4.47 Å². The Hall–Kier alpha value is -1.55. The van der Waals surface area contributed by atoms with Crippen LogP contribution in [0.3, 0.4) is 0 Å². The van der Waals surface area contributed by atoms with E-state index in [9.17, 15) is 14.9 Å². The molecule has 0 radical (unpaired) electrons. The highest BCUT2D eigenvalue weighted by Crippen LogP contribution is 2.21. The minimum absolute atomic E-state index is 0.127. The molecule has 8 heteroatoms. The van der Waals surface area contributed by atoms with Gasteiger partial charge in [0.2, 0.25) is 0 Å². The average Bonchev–Trinajstić information content (AvgIpc) is 2.38. The van der Waals surface area contributed by atoms with Crippen molar-refractivity contribution in [1.82, 2.24) is 4.98 Å². The highest BCUT2D eigenvalue weighted by molar-refractivity contribution is 14.1. The maximum absolute atomic E-state index is 12.1. The van der Waals surface area contributed by atoms with Gasteiger partial charge in [-0.2, -0.15) is 0 Å². The molecule has 0 spiro atoms. The maximum atomic E-state index is 12.1. The summed E-state index contributed by atoms with van der Waals surface area (Å²) in [4.78, 5) is 26.3. The SMILES string of the molecule is O=C(Nc1cc(Br)ccn1)c1cc([N+](=O)[O-])ccc1I. The van der Waals surface area contributed by atoms with Gasteiger partial charge >= 0.3 is 0 Å². The number of nitrogens with one attached hydrogen (secondary N) is 1. The quantitative estimate of drug-likeness (QED) is 0.442. The molecule has 0 atom stereocenters. The third-order valence-corrected chi connectivity index (χ3v) is 3.80. The lowest BCUT2D eigenvalue weighted by Crippen LogP contribution is -2.14. The Labute approximate surface area is 136 Å². The monoisotopic (exact) mass is 447 g/mol. The van der Waals surface area contributed by atoms with Crippen molar-refractivity contribution in [2.24, 2.45) is 0 Å². The van der Waals surface area contributed by atoms with Gasteiger partial charge in [0.25, 0.3) is 11.6 Å². The number of carbonyl (C=O) groups is 1. The fraction of sp³-hybridized carbons (Fsp3) is 0. The van der Waals surface area contributed by atoms with Crippen molar-refractivity contribution in [3.05, 3.63) is 60.2 Å². The highest BCUT2D eigenvalue weighted by atomic mass is 127. The summed E-state index contributed by atoms with van der Waals surface area (Å²) in [7, 11) is 0. The molecule has 0 aliphatic carbocycles. The van der Waals surface area contributed by atoms with Crippen LogP contribution in [-0.4, -0.2) is 15.8 Å². The normalized spacial score (nSPS) is 10.1. The summed E-state index contributed by atoms with van der Waals surface area (Å²) >= 11 is 5.22. The molecule has 102 valence electrons. The standard InChI is InChI=1S/C12H7BrIN3O3/c13-7-3-4-15-11(5-7)16-12(18)9-6-8(17(19)20)1-2-10(9)14/h1-6H,(H,15,16,18). The van der Waals surface area contributed by atoms with Gasteiger partial charge in [0.05, 0.1) is 10.5 Å². The molecule has 0 saturated heterocycles. The van der Waals surface area contributed by atoms with Crippen LogP contribution < -0.4 is 5.32 Å². The molecular formula is C12H7BrIN3O3. The molecule has 1 heterocycles. The van der Waals surface area contributed by atoms with Crippen LogP contribution >= 0.6 is 38.5 Å². The van der Waals surface area contributed by atoms with Gasteiger partial charge in [-0.05, 0) is 40.8 Å². The van der Waals surface area contributed by atoms with E-state index in [2.05, 4.69) is 26.2 Å². The van der Waals surface area contributed by atoms with Gasteiger partial charge in [0.1, 0.15) is 5.82 Å². The molecule has 0 saturated carbocycles. The average molecular weight is 448 g/mol. The summed E-state index contributed by atoms with van der Waals surface area (Å²) < 4.78 is 1.40. The first-order valence-corrected chi connectivity index (χ1v) is 7.21. The zero-order valence-electron chi connectivity index (χ0n) is 9.84. The summed E-state index contributed by atoms with van der Waals surface area (Å²) in [6.07, 6.45) is 1.54. The number of nitrogens with zero attached hydrogens (tertiary/aromatic N) is 2. The lowest BCUT2D eigenvalue weighted by atomic mass is 10.2. The zero-order chi connectivity index (χ0) is 14.7. The van der Waals surface area contributed by atoms with Gasteiger partial charge in [0.15, 0.2) is 0 Å². The topological polar surface area (TPSA) is 85.1 Å². The smallest absolute Gasteiger partial charge is 0.270 e. The fourth-order valence-corrected chi connectivity index (χ4v) is 2.37. The van der Waals surface area contributed by atoms with Crippen molar-refractivity contribution < 1.29 is 9.72 Å². The molecule has 1 amide bonds. The van der Waals surface area contributed by atoms with E-state index in [-0.39, 0.29) is 11.3 Å². The van der Waals surface area contributed by atoms with Crippen molar-refractivity contribution in [1.29, 1.82) is 0 Å². The number of non-ortho nitro benzene ring substituents is 1. The van der Waals surface area contributed by atoms with E-state index in [1.165, 1.54) is 24.4 Å². The zero-order valence-corrected chi connectivity index (χ0v) is 13.6. The number of pyridine rings is 1. The summed E-state index contributed by atoms with van der Waals surface area (Å²) in [6, 6.07) is 7.50. The molecule has 1 aromatic heterocycles. The molecular weight excluding hydrogens is 441 g/mol. The van der Waals surface area contributed by atoms with Crippen molar-refractivity contribution in [3.8, 4) is 0 Å². The largest absolute Gasteiger partial charge is 0.306 e. The number of nitro benzene ring substituents is 1. The van der Waals surface area contributed by atoms with Crippen molar-refractivity contribution in [3.63, 3.8) is 0 Å². The Bertz CT molecular complexity index is 693. The number of aromatic nitrogens is 1. The fourth-order valence-electron chi connectivity index (χ4n) is 1.46. The Kier molecular flexibility index (Phi) is 4.65. The van der Waals surface area contributed by atoms with Gasteiger partial charge in [-0.15, -0.1) is 0 Å². The molecule has 1 N–H and O–H groups in total. The Morgan fingerprint density at radius 2 is 2.10 bits per heavy atom. The van der Waals surface area contributed by atoms with E-state index >= 15 is 0 Å². The van der Waals surface area contributed by atoms with Crippen LogP contribution in [0.2, 0.25) is 0 Å².